The van der Waals surface area contributed by atoms with Gasteiger partial charge in [-0.05, 0) is 109 Å². The van der Waals surface area contributed by atoms with Gasteiger partial charge in [-0.25, -0.2) is 0 Å². The molecule has 0 aliphatic carbocycles. The van der Waals surface area contributed by atoms with Gasteiger partial charge in [-0.1, -0.05) is 327 Å². The Kier molecular flexibility index (Phi) is 63.9. The van der Waals surface area contributed by atoms with Crippen LogP contribution in [0, 0.1) is 0 Å². The van der Waals surface area contributed by atoms with E-state index >= 15 is 0 Å². The third-order valence-electron chi connectivity index (χ3n) is 20.9. The highest BCUT2D eigenvalue weighted by atomic mass is 16.8. The van der Waals surface area contributed by atoms with E-state index in [1.54, 1.807) is 6.08 Å². The highest BCUT2D eigenvalue weighted by molar-refractivity contribution is 5.76. The molecule has 0 aromatic rings. The second kappa shape index (κ2) is 70.2. The second-order valence-electron chi connectivity index (χ2n) is 30.6. The van der Waals surface area contributed by atoms with E-state index in [1.807, 2.05) is 6.08 Å². The number of amides is 1. The fraction of sp³-hybridized carbons (Fsp3) is 0.750. The maximum absolute atomic E-state index is 13.5. The van der Waals surface area contributed by atoms with E-state index in [9.17, 15) is 61.0 Å². The average Bonchev–Trinajstić information content (AvgIpc) is 0.780. The number of nitrogens with one attached hydrogen (secondary N) is 1. The number of rotatable bonds is 69. The first-order valence-electron chi connectivity index (χ1n) is 43.9. The SMILES string of the molecule is CC/C=C\C/C=C\C/C=C\C/C=C\C/C=C\C/C=C\C/C=C\C/C=C\CCCCCCCCCCCCC(=O)NC(COC1OC(CO)C(OC2OC(CO)C(OC3OC(CO)C(O)C(O)C3O)C(O)C2O)C(O)C1O)C(O)/C=C/CC/C=C/CC/C=C/CCCCCCCCCCCCCCCCCCCCCCC. The molecular weight excluding hydrogens is 1410 g/mol. The van der Waals surface area contributed by atoms with Crippen molar-refractivity contribution in [3.05, 3.63) is 134 Å². The van der Waals surface area contributed by atoms with Crippen molar-refractivity contribution >= 4 is 5.91 Å². The largest absolute Gasteiger partial charge is 0.394 e. The van der Waals surface area contributed by atoms with Gasteiger partial charge in [0, 0.05) is 6.42 Å². The number of unbranched alkanes of at least 4 members (excludes halogenated alkanes) is 33. The zero-order chi connectivity index (χ0) is 80.3. The summed E-state index contributed by atoms with van der Waals surface area (Å²) in [6, 6.07) is -1.01. The molecule has 0 saturated carbocycles. The van der Waals surface area contributed by atoms with Gasteiger partial charge in [-0.3, -0.25) is 4.79 Å². The molecule has 0 aromatic carbocycles. The summed E-state index contributed by atoms with van der Waals surface area (Å²) in [6.07, 6.45) is 74.5. The van der Waals surface area contributed by atoms with Crippen LogP contribution < -0.4 is 5.32 Å². The number of hydrogen-bond acceptors (Lipinski definition) is 18. The summed E-state index contributed by atoms with van der Waals surface area (Å²) in [5.74, 6) is -0.297. The van der Waals surface area contributed by atoms with Crippen LogP contribution >= 0.6 is 0 Å². The summed E-state index contributed by atoms with van der Waals surface area (Å²) in [6.45, 7) is 1.61. The average molecular weight is 1570 g/mol. The molecular formula is C92H157NO18. The van der Waals surface area contributed by atoms with Gasteiger partial charge < -0.3 is 89.9 Å². The maximum atomic E-state index is 13.5. The van der Waals surface area contributed by atoms with Crippen LogP contribution in [0.2, 0.25) is 0 Å². The number of hydrogen-bond donors (Lipinski definition) is 12. The number of allylic oxidation sites excluding steroid dienone is 21. The first kappa shape index (κ1) is 101. The lowest BCUT2D eigenvalue weighted by atomic mass is 9.96. The zero-order valence-corrected chi connectivity index (χ0v) is 68.6. The molecule has 3 rings (SSSR count). The Balaban J connectivity index is 1.37. The van der Waals surface area contributed by atoms with Crippen molar-refractivity contribution in [2.75, 3.05) is 26.4 Å². The van der Waals surface area contributed by atoms with Crippen LogP contribution in [-0.4, -0.2) is 193 Å². The number of aliphatic hydroxyl groups excluding tert-OH is 11. The van der Waals surface area contributed by atoms with Crippen molar-refractivity contribution in [2.45, 2.75) is 413 Å². The van der Waals surface area contributed by atoms with Crippen LogP contribution in [0.1, 0.15) is 309 Å². The number of aliphatic hydroxyl groups is 11. The normalized spacial score (nSPS) is 25.7. The minimum Gasteiger partial charge on any atom is -0.394 e. The van der Waals surface area contributed by atoms with Crippen LogP contribution in [0.3, 0.4) is 0 Å². The van der Waals surface area contributed by atoms with Gasteiger partial charge in [-0.15, -0.1) is 0 Å². The molecule has 0 bridgehead atoms. The Morgan fingerprint density at radius 3 is 1.01 bits per heavy atom. The molecule has 0 aromatic heterocycles. The molecule has 0 radical (unpaired) electrons. The Morgan fingerprint density at radius 1 is 0.333 bits per heavy atom. The fourth-order valence-corrected chi connectivity index (χ4v) is 13.9. The molecule has 0 spiro atoms. The molecule has 111 heavy (non-hydrogen) atoms. The molecule has 3 aliphatic rings. The highest BCUT2D eigenvalue weighted by Gasteiger charge is 2.54. The van der Waals surface area contributed by atoms with Crippen LogP contribution in [0.25, 0.3) is 0 Å². The summed E-state index contributed by atoms with van der Waals surface area (Å²) < 4.78 is 34.5. The van der Waals surface area contributed by atoms with E-state index in [2.05, 4.69) is 141 Å². The standard InChI is InChI=1S/C92H157NO18/c1-3-5-7-9-11-13-15-17-19-21-23-25-27-29-31-33-35-36-37-38-40-42-44-46-48-50-52-54-56-58-60-62-64-66-68-70-80(98)93-75(76(97)69-67-65-63-61-59-57-55-53-51-49-47-45-43-41-39-34-32-30-28-26-24-22-20-18-16-14-12-10-8-6-4-2)74-106-90-86(104)83(101)88(78(72-95)108-90)111-92-87(105)84(102)89(79(73-96)109-92)110-91-85(103)82(100)81(99)77(71-94)107-91/h5,7,11,13,17,19,23,25,29,31,35-36,38,40,44,46,51,53,59,61,67,69,75-79,81-92,94-97,99-105H,3-4,6,8-10,12,14-16,18,20-22,24,26-28,30,32-34,37,39,41-43,45,47-50,52,54-58,60,62-66,68,70-74H2,1-2H3,(H,93,98)/b7-5-,13-11-,19-17-,25-23-,31-29-,36-35-,40-38-,46-44-,53-51+,61-59+,69-67+. The summed E-state index contributed by atoms with van der Waals surface area (Å²) in [5, 5.41) is 121. The predicted octanol–water partition coefficient (Wildman–Crippen LogP) is 16.4. The quantitative estimate of drug-likeness (QED) is 0.0199. The Labute approximate surface area is 670 Å². The summed E-state index contributed by atoms with van der Waals surface area (Å²) in [4.78, 5) is 13.5. The predicted molar refractivity (Wildman–Crippen MR) is 447 cm³/mol. The molecule has 17 unspecified atom stereocenters. The van der Waals surface area contributed by atoms with Crippen LogP contribution in [0.5, 0.6) is 0 Å². The summed E-state index contributed by atoms with van der Waals surface area (Å²) >= 11 is 0. The molecule has 19 heteroatoms. The van der Waals surface area contributed by atoms with E-state index in [1.165, 1.54) is 167 Å². The van der Waals surface area contributed by atoms with Crippen LogP contribution in [-0.2, 0) is 33.2 Å². The second-order valence-corrected chi connectivity index (χ2v) is 30.6. The number of carbonyl (C=O) groups excluding carboxylic acids is 1. The fourth-order valence-electron chi connectivity index (χ4n) is 13.9. The van der Waals surface area contributed by atoms with E-state index in [-0.39, 0.29) is 18.9 Å². The van der Waals surface area contributed by atoms with Crippen molar-refractivity contribution in [3.63, 3.8) is 0 Å². The van der Waals surface area contributed by atoms with Gasteiger partial charge in [0.15, 0.2) is 18.9 Å². The third kappa shape index (κ3) is 48.9. The monoisotopic (exact) mass is 1560 g/mol. The molecule has 3 heterocycles. The molecule has 1 amide bonds. The van der Waals surface area contributed by atoms with E-state index < -0.39 is 124 Å². The maximum Gasteiger partial charge on any atom is 0.220 e. The lowest BCUT2D eigenvalue weighted by Crippen LogP contribution is -2.66. The van der Waals surface area contributed by atoms with Crippen molar-refractivity contribution in [1.29, 1.82) is 0 Å². The molecule has 12 N–H and O–H groups in total. The lowest BCUT2D eigenvalue weighted by Gasteiger charge is -2.48. The number of ether oxygens (including phenoxy) is 6. The highest BCUT2D eigenvalue weighted by Crippen LogP contribution is 2.33. The van der Waals surface area contributed by atoms with Gasteiger partial charge in [0.05, 0.1) is 38.6 Å². The van der Waals surface area contributed by atoms with Gasteiger partial charge in [0.1, 0.15) is 73.2 Å². The van der Waals surface area contributed by atoms with Crippen molar-refractivity contribution in [2.24, 2.45) is 0 Å². The molecule has 638 valence electrons. The van der Waals surface area contributed by atoms with Gasteiger partial charge in [-0.2, -0.15) is 0 Å². The Morgan fingerprint density at radius 2 is 0.631 bits per heavy atom. The smallest absolute Gasteiger partial charge is 0.220 e. The molecule has 3 saturated heterocycles. The van der Waals surface area contributed by atoms with Crippen LogP contribution in [0.15, 0.2) is 134 Å². The van der Waals surface area contributed by atoms with E-state index in [0.29, 0.717) is 12.8 Å². The van der Waals surface area contributed by atoms with Gasteiger partial charge >= 0.3 is 0 Å². The van der Waals surface area contributed by atoms with Crippen molar-refractivity contribution in [1.82, 2.24) is 5.32 Å². The molecule has 17 atom stereocenters. The van der Waals surface area contributed by atoms with Crippen molar-refractivity contribution in [3.8, 4) is 0 Å². The lowest BCUT2D eigenvalue weighted by molar-refractivity contribution is -0.379. The Hall–Kier alpha value is -4.07. The Bertz CT molecular complexity index is 2530. The summed E-state index contributed by atoms with van der Waals surface area (Å²) in [7, 11) is 0. The topological polar surface area (TPSA) is 307 Å². The van der Waals surface area contributed by atoms with Gasteiger partial charge in [0.2, 0.25) is 5.91 Å². The molecule has 19 nitrogen and oxygen atoms in total. The summed E-state index contributed by atoms with van der Waals surface area (Å²) in [5.41, 5.74) is 0. The number of carbonyl (C=O) groups is 1. The minimum atomic E-state index is -1.99. The van der Waals surface area contributed by atoms with Crippen LogP contribution in [0.4, 0.5) is 0 Å². The van der Waals surface area contributed by atoms with E-state index in [4.69, 9.17) is 28.4 Å². The van der Waals surface area contributed by atoms with Crippen molar-refractivity contribution < 1.29 is 89.4 Å². The molecule has 3 fully saturated rings. The third-order valence-corrected chi connectivity index (χ3v) is 20.9. The van der Waals surface area contributed by atoms with Gasteiger partial charge in [0.25, 0.3) is 0 Å². The van der Waals surface area contributed by atoms with E-state index in [0.717, 1.165) is 109 Å². The minimum absolute atomic E-state index is 0.218. The first-order chi connectivity index (χ1) is 54.3. The first-order valence-corrected chi connectivity index (χ1v) is 43.9. The molecule has 3 aliphatic heterocycles. The zero-order valence-electron chi connectivity index (χ0n) is 68.6.